The monoisotopic (exact) mass is 449 g/mol. The third-order valence-electron chi connectivity index (χ3n) is 5.56. The van der Waals surface area contributed by atoms with Gasteiger partial charge < -0.3 is 24.3 Å². The fourth-order valence-electron chi connectivity index (χ4n) is 3.98. The van der Waals surface area contributed by atoms with Crippen LogP contribution >= 0.6 is 0 Å². The summed E-state index contributed by atoms with van der Waals surface area (Å²) in [6, 6.07) is 22.7. The zero-order valence-electron chi connectivity index (χ0n) is 20.3. The van der Waals surface area contributed by atoms with Gasteiger partial charge in [-0.25, -0.2) is 0 Å². The van der Waals surface area contributed by atoms with Gasteiger partial charge in [-0.2, -0.15) is 0 Å². The van der Waals surface area contributed by atoms with E-state index in [1.807, 2.05) is 38.1 Å². The van der Waals surface area contributed by atoms with Gasteiger partial charge in [0.15, 0.2) is 11.5 Å². The minimum atomic E-state index is 0.154. The van der Waals surface area contributed by atoms with E-state index in [9.17, 15) is 0 Å². The smallest absolute Gasteiger partial charge is 0.161 e. The average molecular weight is 450 g/mol. The van der Waals surface area contributed by atoms with Gasteiger partial charge in [0.05, 0.1) is 27.4 Å². The fraction of sp³-hybridized carbons (Fsp3) is 0.357. The SMILES string of the molecule is COc1ccc(CNCC[C@H](c2ccc(OC(C)C)cc2)c2ccccc2OC)cc1OC. The molecule has 0 aromatic heterocycles. The van der Waals surface area contributed by atoms with E-state index in [0.717, 1.165) is 48.1 Å². The topological polar surface area (TPSA) is 49.0 Å². The molecule has 0 saturated heterocycles. The number of methoxy groups -OCH3 is 3. The van der Waals surface area contributed by atoms with Crippen molar-refractivity contribution in [2.24, 2.45) is 0 Å². The minimum absolute atomic E-state index is 0.154. The number of hydrogen-bond acceptors (Lipinski definition) is 5. The molecule has 0 aliphatic rings. The Labute approximate surface area is 197 Å². The van der Waals surface area contributed by atoms with E-state index in [-0.39, 0.29) is 12.0 Å². The van der Waals surface area contributed by atoms with Crippen molar-refractivity contribution in [3.63, 3.8) is 0 Å². The highest BCUT2D eigenvalue weighted by Crippen LogP contribution is 2.35. The van der Waals surface area contributed by atoms with E-state index >= 15 is 0 Å². The van der Waals surface area contributed by atoms with Crippen LogP contribution in [0.4, 0.5) is 0 Å². The van der Waals surface area contributed by atoms with Crippen LogP contribution in [0.2, 0.25) is 0 Å². The molecule has 3 rings (SSSR count). The normalized spacial score (nSPS) is 11.8. The lowest BCUT2D eigenvalue weighted by Gasteiger charge is -2.21. The maximum absolute atomic E-state index is 5.83. The van der Waals surface area contributed by atoms with E-state index in [0.29, 0.717) is 0 Å². The van der Waals surface area contributed by atoms with Gasteiger partial charge in [-0.3, -0.25) is 0 Å². The van der Waals surface area contributed by atoms with Gasteiger partial charge in [0.2, 0.25) is 0 Å². The third-order valence-corrected chi connectivity index (χ3v) is 5.56. The van der Waals surface area contributed by atoms with Crippen LogP contribution in [0, 0.1) is 0 Å². The molecular weight excluding hydrogens is 414 g/mol. The van der Waals surface area contributed by atoms with E-state index in [2.05, 4.69) is 47.8 Å². The van der Waals surface area contributed by atoms with Crippen molar-refractivity contribution >= 4 is 0 Å². The number of ether oxygens (including phenoxy) is 4. The van der Waals surface area contributed by atoms with Crippen molar-refractivity contribution in [3.8, 4) is 23.0 Å². The summed E-state index contributed by atoms with van der Waals surface area (Å²) in [6.45, 7) is 5.67. The summed E-state index contributed by atoms with van der Waals surface area (Å²) in [5, 5.41) is 3.57. The molecule has 0 heterocycles. The molecular formula is C28H35NO4. The first kappa shape index (κ1) is 24.5. The molecule has 3 aromatic carbocycles. The Kier molecular flexibility index (Phi) is 9.02. The molecule has 0 amide bonds. The summed E-state index contributed by atoms with van der Waals surface area (Å²) in [6.07, 6.45) is 1.08. The summed E-state index contributed by atoms with van der Waals surface area (Å²) in [7, 11) is 5.03. The Balaban J connectivity index is 1.72. The van der Waals surface area contributed by atoms with Crippen molar-refractivity contribution in [3.05, 3.63) is 83.4 Å². The maximum atomic E-state index is 5.83. The van der Waals surface area contributed by atoms with Gasteiger partial charge in [0.25, 0.3) is 0 Å². The van der Waals surface area contributed by atoms with Crippen molar-refractivity contribution in [1.82, 2.24) is 5.32 Å². The highest BCUT2D eigenvalue weighted by Gasteiger charge is 2.18. The molecule has 5 heteroatoms. The molecule has 3 aromatic rings. The molecule has 0 bridgehead atoms. The lowest BCUT2D eigenvalue weighted by Crippen LogP contribution is -2.18. The second-order valence-electron chi connectivity index (χ2n) is 8.18. The van der Waals surface area contributed by atoms with Crippen molar-refractivity contribution in [2.75, 3.05) is 27.9 Å². The van der Waals surface area contributed by atoms with Crippen molar-refractivity contribution in [2.45, 2.75) is 38.8 Å². The number of hydrogen-bond donors (Lipinski definition) is 1. The number of benzene rings is 3. The first-order chi connectivity index (χ1) is 16.0. The Hall–Kier alpha value is -3.18. The maximum Gasteiger partial charge on any atom is 0.161 e. The van der Waals surface area contributed by atoms with Gasteiger partial charge in [0, 0.05) is 18.0 Å². The van der Waals surface area contributed by atoms with Gasteiger partial charge in [-0.1, -0.05) is 36.4 Å². The number of rotatable bonds is 12. The molecule has 0 unspecified atom stereocenters. The third kappa shape index (κ3) is 6.65. The predicted octanol–water partition coefficient (Wildman–Crippen LogP) is 5.81. The molecule has 1 N–H and O–H groups in total. The molecule has 0 fully saturated rings. The Morgan fingerprint density at radius 3 is 2.12 bits per heavy atom. The Morgan fingerprint density at radius 1 is 0.758 bits per heavy atom. The quantitative estimate of drug-likeness (QED) is 0.354. The van der Waals surface area contributed by atoms with E-state index < -0.39 is 0 Å². The Morgan fingerprint density at radius 2 is 1.45 bits per heavy atom. The molecule has 0 saturated carbocycles. The van der Waals surface area contributed by atoms with Crippen LogP contribution in [0.3, 0.4) is 0 Å². The molecule has 0 aliphatic heterocycles. The van der Waals surface area contributed by atoms with Gasteiger partial charge >= 0.3 is 0 Å². The molecule has 176 valence electrons. The van der Waals surface area contributed by atoms with Crippen LogP contribution in [0.25, 0.3) is 0 Å². The predicted molar refractivity (Wildman–Crippen MR) is 133 cm³/mol. The standard InChI is InChI=1S/C28H35NO4/c1-20(2)33-23-13-11-22(12-14-23)24(25-8-6-7-9-26(25)30-3)16-17-29-19-21-10-15-27(31-4)28(18-21)32-5/h6-15,18,20,24,29H,16-17,19H2,1-5H3/t24-/m1/s1. The van der Waals surface area contributed by atoms with Crippen LogP contribution in [0.15, 0.2) is 66.7 Å². The van der Waals surface area contributed by atoms with E-state index in [1.165, 1.54) is 11.1 Å². The number of nitrogens with one attached hydrogen (secondary N) is 1. The summed E-state index contributed by atoms with van der Waals surface area (Å²) >= 11 is 0. The molecule has 0 radical (unpaired) electrons. The summed E-state index contributed by atoms with van der Waals surface area (Å²) in [5.74, 6) is 3.48. The second-order valence-corrected chi connectivity index (χ2v) is 8.18. The van der Waals surface area contributed by atoms with Crippen LogP contribution in [-0.2, 0) is 6.54 Å². The first-order valence-electron chi connectivity index (χ1n) is 11.4. The Bertz CT molecular complexity index is 1000. The van der Waals surface area contributed by atoms with Gasteiger partial charge in [-0.05, 0) is 68.3 Å². The van der Waals surface area contributed by atoms with Crippen molar-refractivity contribution in [1.29, 1.82) is 0 Å². The average Bonchev–Trinajstić information content (AvgIpc) is 2.84. The fourth-order valence-corrected chi connectivity index (χ4v) is 3.98. The highest BCUT2D eigenvalue weighted by molar-refractivity contribution is 5.44. The molecule has 33 heavy (non-hydrogen) atoms. The lowest BCUT2D eigenvalue weighted by molar-refractivity contribution is 0.242. The first-order valence-corrected chi connectivity index (χ1v) is 11.4. The molecule has 0 spiro atoms. The number of para-hydroxylation sites is 1. The summed E-state index contributed by atoms with van der Waals surface area (Å²) in [4.78, 5) is 0. The van der Waals surface area contributed by atoms with Gasteiger partial charge in [0.1, 0.15) is 11.5 Å². The van der Waals surface area contributed by atoms with Crippen molar-refractivity contribution < 1.29 is 18.9 Å². The van der Waals surface area contributed by atoms with E-state index in [4.69, 9.17) is 18.9 Å². The second kappa shape index (κ2) is 12.2. The largest absolute Gasteiger partial charge is 0.496 e. The lowest BCUT2D eigenvalue weighted by atomic mass is 9.88. The van der Waals surface area contributed by atoms with E-state index in [1.54, 1.807) is 21.3 Å². The summed E-state index contributed by atoms with van der Waals surface area (Å²) in [5.41, 5.74) is 3.57. The highest BCUT2D eigenvalue weighted by atomic mass is 16.5. The molecule has 0 aliphatic carbocycles. The zero-order valence-corrected chi connectivity index (χ0v) is 20.3. The van der Waals surface area contributed by atoms with Crippen LogP contribution < -0.4 is 24.3 Å². The molecule has 1 atom stereocenters. The zero-order chi connectivity index (χ0) is 23.6. The van der Waals surface area contributed by atoms with Crippen LogP contribution in [-0.4, -0.2) is 34.0 Å². The summed E-state index contributed by atoms with van der Waals surface area (Å²) < 4.78 is 22.3. The van der Waals surface area contributed by atoms with Crippen LogP contribution in [0.1, 0.15) is 42.9 Å². The van der Waals surface area contributed by atoms with Gasteiger partial charge in [-0.15, -0.1) is 0 Å². The van der Waals surface area contributed by atoms with Crippen LogP contribution in [0.5, 0.6) is 23.0 Å². The minimum Gasteiger partial charge on any atom is -0.496 e. The molecule has 5 nitrogen and oxygen atoms in total.